The van der Waals surface area contributed by atoms with Crippen LogP contribution < -0.4 is 4.90 Å². The molecule has 0 bridgehead atoms. The molecule has 2 rings (SSSR count). The molecule has 0 aromatic carbocycles. The highest BCUT2D eigenvalue weighted by atomic mass is 19.1. The summed E-state index contributed by atoms with van der Waals surface area (Å²) in [4.78, 5) is 1.79. The number of likely N-dealkylation sites (tertiary alicyclic amines) is 1. The molecule has 1 N–H and O–H groups in total. The highest BCUT2D eigenvalue weighted by Crippen LogP contribution is 2.25. The van der Waals surface area contributed by atoms with Gasteiger partial charge in [-0.15, -0.1) is 0 Å². The van der Waals surface area contributed by atoms with Crippen LogP contribution in [-0.2, 0) is 0 Å². The summed E-state index contributed by atoms with van der Waals surface area (Å²) >= 11 is 0. The molecular weight excluding hydrogens is 189 g/mol. The Hall–Kier alpha value is -0.110. The summed E-state index contributed by atoms with van der Waals surface area (Å²) in [7, 11) is 0. The predicted octanol–water partition coefficient (Wildman–Crippen LogP) is 1.83. The van der Waals surface area contributed by atoms with Crippen LogP contribution in [0.3, 0.4) is 0 Å². The molecule has 0 radical (unpaired) electrons. The van der Waals surface area contributed by atoms with Crippen LogP contribution in [0, 0.1) is 11.8 Å². The number of rotatable bonds is 2. The van der Waals surface area contributed by atoms with E-state index in [0.717, 1.165) is 37.5 Å². The molecule has 1 aliphatic heterocycles. The maximum atomic E-state index is 13.0. The van der Waals surface area contributed by atoms with E-state index < -0.39 is 6.17 Å². The van der Waals surface area contributed by atoms with E-state index in [1.165, 1.54) is 32.5 Å². The lowest BCUT2D eigenvalue weighted by Gasteiger charge is -2.32. The van der Waals surface area contributed by atoms with E-state index in [1.807, 2.05) is 0 Å². The first kappa shape index (κ1) is 11.4. The minimum Gasteiger partial charge on any atom is -0.335 e. The number of hydrogen-bond donors (Lipinski definition) is 1. The fraction of sp³-hybridized carbons (Fsp3) is 1.00. The highest BCUT2D eigenvalue weighted by molar-refractivity contribution is 4.71. The Balaban J connectivity index is 1.68. The molecule has 2 aliphatic rings. The van der Waals surface area contributed by atoms with Gasteiger partial charge in [-0.2, -0.15) is 0 Å². The third-order valence-corrected chi connectivity index (χ3v) is 4.34. The van der Waals surface area contributed by atoms with E-state index in [0.29, 0.717) is 0 Å². The molecule has 0 aromatic heterocycles. The summed E-state index contributed by atoms with van der Waals surface area (Å²) in [5, 5.41) is 0. The summed E-state index contributed by atoms with van der Waals surface area (Å²) in [6.45, 7) is 6.40. The zero-order valence-electron chi connectivity index (χ0n) is 9.97. The van der Waals surface area contributed by atoms with Crippen LogP contribution in [0.15, 0.2) is 0 Å². The second-order valence-corrected chi connectivity index (χ2v) is 5.75. The van der Waals surface area contributed by atoms with Gasteiger partial charge < -0.3 is 4.90 Å². The van der Waals surface area contributed by atoms with Gasteiger partial charge in [0.15, 0.2) is 0 Å². The highest BCUT2D eigenvalue weighted by Gasteiger charge is 2.26. The lowest BCUT2D eigenvalue weighted by Crippen LogP contribution is -3.13. The van der Waals surface area contributed by atoms with E-state index in [9.17, 15) is 4.39 Å². The number of quaternary nitrogens is 1. The largest absolute Gasteiger partial charge is 0.335 e. The van der Waals surface area contributed by atoms with Gasteiger partial charge in [-0.3, -0.25) is 0 Å². The molecule has 15 heavy (non-hydrogen) atoms. The summed E-state index contributed by atoms with van der Waals surface area (Å²) < 4.78 is 13.0. The van der Waals surface area contributed by atoms with Crippen molar-refractivity contribution < 1.29 is 9.29 Å². The molecule has 1 nitrogen and oxygen atoms in total. The Kier molecular flexibility index (Phi) is 4.01. The van der Waals surface area contributed by atoms with E-state index >= 15 is 0 Å². The molecule has 0 aromatic rings. The van der Waals surface area contributed by atoms with E-state index in [2.05, 4.69) is 6.92 Å². The topological polar surface area (TPSA) is 4.44 Å². The van der Waals surface area contributed by atoms with Gasteiger partial charge in [0.1, 0.15) is 6.17 Å². The van der Waals surface area contributed by atoms with Crippen molar-refractivity contribution in [2.24, 2.45) is 11.8 Å². The third kappa shape index (κ3) is 3.44. The van der Waals surface area contributed by atoms with E-state index in [-0.39, 0.29) is 0 Å². The summed E-state index contributed by atoms with van der Waals surface area (Å²) in [6, 6.07) is 0. The lowest BCUT2D eigenvalue weighted by molar-refractivity contribution is -0.909. The molecule has 1 saturated carbocycles. The maximum absolute atomic E-state index is 13.0. The molecule has 1 saturated heterocycles. The zero-order valence-corrected chi connectivity index (χ0v) is 9.97. The number of alkyl halides is 1. The average molecular weight is 214 g/mol. The quantitative estimate of drug-likeness (QED) is 0.715. The Labute approximate surface area is 93.0 Å². The molecular formula is C13H25FN+. The smallest absolute Gasteiger partial charge is 0.100 e. The van der Waals surface area contributed by atoms with Crippen LogP contribution in [0.2, 0.25) is 0 Å². The average Bonchev–Trinajstić information content (AvgIpc) is 2.25. The van der Waals surface area contributed by atoms with Crippen LogP contribution in [0.1, 0.15) is 45.4 Å². The number of piperidine rings is 1. The molecule has 0 spiro atoms. The van der Waals surface area contributed by atoms with E-state index in [1.54, 1.807) is 4.90 Å². The van der Waals surface area contributed by atoms with Gasteiger partial charge in [0.05, 0.1) is 19.6 Å². The van der Waals surface area contributed by atoms with Crippen molar-refractivity contribution in [1.82, 2.24) is 0 Å². The first-order valence-corrected chi connectivity index (χ1v) is 6.71. The van der Waals surface area contributed by atoms with Gasteiger partial charge in [0, 0.05) is 5.92 Å². The van der Waals surface area contributed by atoms with Crippen molar-refractivity contribution in [3.05, 3.63) is 0 Å². The minimum atomic E-state index is -0.488. The second-order valence-electron chi connectivity index (χ2n) is 5.75. The van der Waals surface area contributed by atoms with Crippen LogP contribution >= 0.6 is 0 Å². The van der Waals surface area contributed by atoms with Gasteiger partial charge in [-0.05, 0) is 44.4 Å². The Morgan fingerprint density at radius 1 is 1.00 bits per heavy atom. The fourth-order valence-corrected chi connectivity index (χ4v) is 3.11. The van der Waals surface area contributed by atoms with Crippen molar-refractivity contribution in [2.45, 2.75) is 51.6 Å². The lowest BCUT2D eigenvalue weighted by atomic mass is 9.87. The van der Waals surface area contributed by atoms with E-state index in [4.69, 9.17) is 0 Å². The molecule has 88 valence electrons. The summed E-state index contributed by atoms with van der Waals surface area (Å²) in [5.74, 6) is 1.76. The van der Waals surface area contributed by atoms with Gasteiger partial charge in [-0.1, -0.05) is 6.92 Å². The maximum Gasteiger partial charge on any atom is 0.100 e. The van der Waals surface area contributed by atoms with Crippen LogP contribution in [0.25, 0.3) is 0 Å². The summed E-state index contributed by atoms with van der Waals surface area (Å²) in [5.41, 5.74) is 0. The number of halogens is 1. The standard InChI is InChI=1S/C13H24FN/c1-11-6-8-15(9-7-11)10-12-2-4-13(14)5-3-12/h11-13H,2-10H2,1H3/p+1. The first-order chi connectivity index (χ1) is 7.24. The normalized spacial score (nSPS) is 42.8. The third-order valence-electron chi connectivity index (χ3n) is 4.34. The van der Waals surface area contributed by atoms with Gasteiger partial charge >= 0.3 is 0 Å². The van der Waals surface area contributed by atoms with Crippen molar-refractivity contribution in [2.75, 3.05) is 19.6 Å². The van der Waals surface area contributed by atoms with Gasteiger partial charge in [0.2, 0.25) is 0 Å². The molecule has 0 atom stereocenters. The van der Waals surface area contributed by atoms with Crippen LogP contribution in [-0.4, -0.2) is 25.8 Å². The first-order valence-electron chi connectivity index (χ1n) is 6.71. The van der Waals surface area contributed by atoms with Crippen molar-refractivity contribution in [1.29, 1.82) is 0 Å². The Morgan fingerprint density at radius 3 is 2.20 bits per heavy atom. The van der Waals surface area contributed by atoms with Gasteiger partial charge in [0.25, 0.3) is 0 Å². The monoisotopic (exact) mass is 214 g/mol. The number of nitrogens with one attached hydrogen (secondary N) is 1. The molecule has 0 amide bonds. The zero-order chi connectivity index (χ0) is 10.7. The van der Waals surface area contributed by atoms with Gasteiger partial charge in [-0.25, -0.2) is 4.39 Å². The molecule has 0 unspecified atom stereocenters. The van der Waals surface area contributed by atoms with Crippen molar-refractivity contribution in [3.63, 3.8) is 0 Å². The molecule has 1 heterocycles. The predicted molar refractivity (Wildman–Crippen MR) is 60.8 cm³/mol. The molecule has 2 heteroatoms. The van der Waals surface area contributed by atoms with Crippen molar-refractivity contribution >= 4 is 0 Å². The second kappa shape index (κ2) is 5.29. The van der Waals surface area contributed by atoms with Crippen LogP contribution in [0.5, 0.6) is 0 Å². The molecule has 2 fully saturated rings. The Bertz CT molecular complexity index is 159. The fourth-order valence-electron chi connectivity index (χ4n) is 3.11. The molecule has 1 aliphatic carbocycles. The Morgan fingerprint density at radius 2 is 1.60 bits per heavy atom. The van der Waals surface area contributed by atoms with Crippen LogP contribution in [0.4, 0.5) is 4.39 Å². The van der Waals surface area contributed by atoms with Crippen molar-refractivity contribution in [3.8, 4) is 0 Å². The minimum absolute atomic E-state index is 0.488. The summed E-state index contributed by atoms with van der Waals surface area (Å²) in [6.07, 6.45) is 6.24. The number of hydrogen-bond acceptors (Lipinski definition) is 0. The SMILES string of the molecule is CC1CC[NH+](CC2CCC(F)CC2)CC1.